The van der Waals surface area contributed by atoms with Crippen molar-refractivity contribution in [1.29, 1.82) is 0 Å². The van der Waals surface area contributed by atoms with E-state index < -0.39 is 5.97 Å². The fraction of sp³-hybridized carbons (Fsp3) is 0.429. The van der Waals surface area contributed by atoms with E-state index in [1.54, 1.807) is 12.3 Å². The molecule has 2 heterocycles. The molecule has 0 unspecified atom stereocenters. The van der Waals surface area contributed by atoms with Crippen LogP contribution >= 0.6 is 0 Å². The van der Waals surface area contributed by atoms with Gasteiger partial charge in [-0.2, -0.15) is 0 Å². The second-order valence-electron chi connectivity index (χ2n) is 4.71. The van der Waals surface area contributed by atoms with Gasteiger partial charge in [0, 0.05) is 25.4 Å². The Bertz CT molecular complexity index is 450. The Morgan fingerprint density at radius 3 is 2.79 bits per heavy atom. The van der Waals surface area contributed by atoms with Gasteiger partial charge in [-0.3, -0.25) is 0 Å². The van der Waals surface area contributed by atoms with Crippen molar-refractivity contribution in [1.82, 2.24) is 10.3 Å². The first kappa shape index (κ1) is 13.5. The third-order valence-corrected chi connectivity index (χ3v) is 3.41. The van der Waals surface area contributed by atoms with E-state index in [1.807, 2.05) is 12.1 Å². The molecular formula is C14H19N3O2. The highest BCUT2D eigenvalue weighted by Crippen LogP contribution is 2.18. The summed E-state index contributed by atoms with van der Waals surface area (Å²) in [6, 6.07) is 4.34. The maximum atomic E-state index is 10.4. The van der Waals surface area contributed by atoms with Gasteiger partial charge in [0.1, 0.15) is 5.82 Å². The van der Waals surface area contributed by atoms with Crippen molar-refractivity contribution < 1.29 is 9.90 Å². The average molecular weight is 261 g/mol. The van der Waals surface area contributed by atoms with Crippen molar-refractivity contribution in [2.75, 3.05) is 25.0 Å². The Balaban J connectivity index is 2.02. The average Bonchev–Trinajstić information content (AvgIpc) is 2.46. The lowest BCUT2D eigenvalue weighted by Crippen LogP contribution is -2.41. The van der Waals surface area contributed by atoms with Crippen molar-refractivity contribution in [2.45, 2.75) is 18.9 Å². The van der Waals surface area contributed by atoms with Gasteiger partial charge in [0.05, 0.1) is 0 Å². The van der Waals surface area contributed by atoms with Crippen LogP contribution in [0.4, 0.5) is 5.82 Å². The summed E-state index contributed by atoms with van der Waals surface area (Å²) >= 11 is 0. The summed E-state index contributed by atoms with van der Waals surface area (Å²) in [5, 5.41) is 11.9. The number of carbonyl (C=O) groups is 1. The SMILES string of the molecule is CN(c1ccc(C=CC(=O)O)cn1)C1CCNCC1. The molecule has 102 valence electrons. The fourth-order valence-corrected chi connectivity index (χ4v) is 2.25. The maximum absolute atomic E-state index is 10.4. The molecule has 1 fully saturated rings. The highest BCUT2D eigenvalue weighted by molar-refractivity contribution is 5.85. The molecule has 2 N–H and O–H groups in total. The first-order chi connectivity index (χ1) is 9.16. The van der Waals surface area contributed by atoms with Crippen molar-refractivity contribution in [2.24, 2.45) is 0 Å². The predicted octanol–water partition coefficient (Wildman–Crippen LogP) is 1.37. The predicted molar refractivity (Wildman–Crippen MR) is 75.2 cm³/mol. The summed E-state index contributed by atoms with van der Waals surface area (Å²) in [5.41, 5.74) is 0.796. The van der Waals surface area contributed by atoms with E-state index in [1.165, 1.54) is 0 Å². The molecule has 0 saturated carbocycles. The van der Waals surface area contributed by atoms with Crippen LogP contribution in [0.15, 0.2) is 24.4 Å². The summed E-state index contributed by atoms with van der Waals surface area (Å²) in [5.74, 6) is -0.0183. The zero-order valence-electron chi connectivity index (χ0n) is 11.0. The number of rotatable bonds is 4. The molecular weight excluding hydrogens is 242 g/mol. The largest absolute Gasteiger partial charge is 0.478 e. The van der Waals surface area contributed by atoms with Gasteiger partial charge in [0.25, 0.3) is 0 Å². The Morgan fingerprint density at radius 1 is 1.47 bits per heavy atom. The van der Waals surface area contributed by atoms with Crippen LogP contribution in [0.1, 0.15) is 18.4 Å². The van der Waals surface area contributed by atoms with E-state index in [2.05, 4.69) is 22.2 Å². The van der Waals surface area contributed by atoms with Crippen LogP contribution in [0.5, 0.6) is 0 Å². The summed E-state index contributed by atoms with van der Waals surface area (Å²) in [6.07, 6.45) is 6.61. The third kappa shape index (κ3) is 3.79. The standard InChI is InChI=1S/C14H19N3O2/c1-17(12-6-8-15-9-7-12)13-4-2-11(10-16-13)3-5-14(18)19/h2-5,10,12,15H,6-9H2,1H3,(H,18,19). The summed E-state index contributed by atoms with van der Waals surface area (Å²) in [6.45, 7) is 2.10. The van der Waals surface area contributed by atoms with Gasteiger partial charge in [-0.25, -0.2) is 9.78 Å². The van der Waals surface area contributed by atoms with Crippen LogP contribution < -0.4 is 10.2 Å². The molecule has 0 atom stereocenters. The van der Waals surface area contributed by atoms with Gasteiger partial charge >= 0.3 is 5.97 Å². The molecule has 1 aromatic rings. The summed E-state index contributed by atoms with van der Waals surface area (Å²) in [7, 11) is 2.06. The number of carboxylic acids is 1. The highest BCUT2D eigenvalue weighted by Gasteiger charge is 2.18. The number of hydrogen-bond donors (Lipinski definition) is 2. The zero-order chi connectivity index (χ0) is 13.7. The second kappa shape index (κ2) is 6.33. The van der Waals surface area contributed by atoms with Crippen LogP contribution in [0.25, 0.3) is 6.08 Å². The molecule has 0 aliphatic carbocycles. The van der Waals surface area contributed by atoms with E-state index in [-0.39, 0.29) is 0 Å². The summed E-state index contributed by atoms with van der Waals surface area (Å²) < 4.78 is 0. The molecule has 5 nitrogen and oxygen atoms in total. The third-order valence-electron chi connectivity index (χ3n) is 3.41. The number of anilines is 1. The molecule has 0 bridgehead atoms. The van der Waals surface area contributed by atoms with E-state index in [4.69, 9.17) is 5.11 Å². The molecule has 1 aliphatic heterocycles. The molecule has 19 heavy (non-hydrogen) atoms. The Labute approximate surface area is 113 Å². The number of aliphatic carboxylic acids is 1. The molecule has 1 saturated heterocycles. The van der Waals surface area contributed by atoms with Crippen molar-refractivity contribution >= 4 is 17.9 Å². The van der Waals surface area contributed by atoms with Crippen molar-refractivity contribution in [3.05, 3.63) is 30.0 Å². The smallest absolute Gasteiger partial charge is 0.328 e. The molecule has 2 rings (SSSR count). The Morgan fingerprint density at radius 2 is 2.21 bits per heavy atom. The second-order valence-corrected chi connectivity index (χ2v) is 4.71. The lowest BCUT2D eigenvalue weighted by molar-refractivity contribution is -0.131. The first-order valence-electron chi connectivity index (χ1n) is 6.47. The van der Waals surface area contributed by atoms with E-state index in [0.29, 0.717) is 6.04 Å². The van der Waals surface area contributed by atoms with E-state index in [0.717, 1.165) is 43.4 Å². The minimum absolute atomic E-state index is 0.522. The van der Waals surface area contributed by atoms with Crippen molar-refractivity contribution in [3.8, 4) is 0 Å². The normalized spacial score (nSPS) is 16.7. The van der Waals surface area contributed by atoms with Gasteiger partial charge in [0.15, 0.2) is 0 Å². The minimum atomic E-state index is -0.948. The van der Waals surface area contributed by atoms with Crippen LogP contribution in [0.3, 0.4) is 0 Å². The van der Waals surface area contributed by atoms with Crippen LogP contribution in [-0.4, -0.2) is 42.2 Å². The molecule has 0 amide bonds. The quantitative estimate of drug-likeness (QED) is 0.801. The lowest BCUT2D eigenvalue weighted by Gasteiger charge is -2.32. The number of nitrogens with one attached hydrogen (secondary N) is 1. The molecule has 1 aliphatic rings. The number of pyridine rings is 1. The Kier molecular flexibility index (Phi) is 4.52. The van der Waals surface area contributed by atoms with Crippen LogP contribution in [0, 0.1) is 0 Å². The van der Waals surface area contributed by atoms with Gasteiger partial charge in [-0.05, 0) is 49.7 Å². The van der Waals surface area contributed by atoms with Gasteiger partial charge in [-0.1, -0.05) is 0 Å². The monoisotopic (exact) mass is 261 g/mol. The molecule has 1 aromatic heterocycles. The number of nitrogens with zero attached hydrogens (tertiary/aromatic N) is 2. The number of aromatic nitrogens is 1. The fourth-order valence-electron chi connectivity index (χ4n) is 2.25. The van der Waals surface area contributed by atoms with Gasteiger partial charge in [0.2, 0.25) is 0 Å². The van der Waals surface area contributed by atoms with Crippen molar-refractivity contribution in [3.63, 3.8) is 0 Å². The lowest BCUT2D eigenvalue weighted by atomic mass is 10.1. The number of piperidine rings is 1. The van der Waals surface area contributed by atoms with Gasteiger partial charge < -0.3 is 15.3 Å². The van der Waals surface area contributed by atoms with Crippen LogP contribution in [0.2, 0.25) is 0 Å². The molecule has 0 aromatic carbocycles. The summed E-state index contributed by atoms with van der Waals surface area (Å²) in [4.78, 5) is 17.0. The molecule has 0 spiro atoms. The maximum Gasteiger partial charge on any atom is 0.328 e. The molecule has 5 heteroatoms. The van der Waals surface area contributed by atoms with E-state index >= 15 is 0 Å². The minimum Gasteiger partial charge on any atom is -0.478 e. The Hall–Kier alpha value is -1.88. The number of hydrogen-bond acceptors (Lipinski definition) is 4. The van der Waals surface area contributed by atoms with Gasteiger partial charge in [-0.15, -0.1) is 0 Å². The van der Waals surface area contributed by atoms with Crippen LogP contribution in [-0.2, 0) is 4.79 Å². The zero-order valence-corrected chi connectivity index (χ0v) is 11.0. The molecule has 0 radical (unpaired) electrons. The topological polar surface area (TPSA) is 65.5 Å². The first-order valence-corrected chi connectivity index (χ1v) is 6.47. The van der Waals surface area contributed by atoms with E-state index in [9.17, 15) is 4.79 Å². The number of carboxylic acid groups (broad SMARTS) is 1. The highest BCUT2D eigenvalue weighted by atomic mass is 16.4.